The summed E-state index contributed by atoms with van der Waals surface area (Å²) in [6.45, 7) is 3.10. The first-order chi connectivity index (χ1) is 11.8. The zero-order chi connectivity index (χ0) is 16.8. The van der Waals surface area contributed by atoms with E-state index in [0.29, 0.717) is 0 Å². The van der Waals surface area contributed by atoms with Gasteiger partial charge >= 0.3 is 0 Å². The van der Waals surface area contributed by atoms with Gasteiger partial charge in [0.25, 0.3) is 0 Å². The van der Waals surface area contributed by atoms with Crippen LogP contribution >= 0.6 is 0 Å². The minimum absolute atomic E-state index is 0.268. The summed E-state index contributed by atoms with van der Waals surface area (Å²) in [6, 6.07) is 13.3. The highest BCUT2D eigenvalue weighted by Gasteiger charge is 2.09. The fraction of sp³-hybridized carbons (Fsp3) is 0.400. The van der Waals surface area contributed by atoms with Crippen molar-refractivity contribution in [2.24, 2.45) is 0 Å². The summed E-state index contributed by atoms with van der Waals surface area (Å²) in [5.74, 6) is 0.268. The van der Waals surface area contributed by atoms with Crippen molar-refractivity contribution < 1.29 is 5.11 Å². The molecule has 0 saturated carbocycles. The Morgan fingerprint density at radius 3 is 2.54 bits per heavy atom. The Kier molecular flexibility index (Phi) is 5.47. The molecule has 4 heteroatoms. The van der Waals surface area contributed by atoms with Crippen LogP contribution in [0.4, 0.5) is 0 Å². The Balaban J connectivity index is 1.73. The van der Waals surface area contributed by atoms with Crippen molar-refractivity contribution in [2.75, 3.05) is 0 Å². The van der Waals surface area contributed by atoms with Crippen LogP contribution < -0.4 is 0 Å². The third-order valence-corrected chi connectivity index (χ3v) is 4.32. The topological polar surface area (TPSA) is 50.9 Å². The molecule has 4 nitrogen and oxygen atoms in total. The summed E-state index contributed by atoms with van der Waals surface area (Å²) in [5.41, 5.74) is 3.78. The monoisotopic (exact) mass is 323 g/mol. The van der Waals surface area contributed by atoms with E-state index in [9.17, 15) is 5.11 Å². The smallest absolute Gasteiger partial charge is 0.121 e. The summed E-state index contributed by atoms with van der Waals surface area (Å²) in [6.07, 6.45) is 7.58. The maximum atomic E-state index is 9.72. The maximum absolute atomic E-state index is 9.72. The van der Waals surface area contributed by atoms with E-state index in [-0.39, 0.29) is 5.75 Å². The second kappa shape index (κ2) is 7.95. The molecule has 3 rings (SSSR count). The predicted octanol–water partition coefficient (Wildman–Crippen LogP) is 5.16. The van der Waals surface area contributed by atoms with Gasteiger partial charge in [-0.25, -0.2) is 0 Å². The van der Waals surface area contributed by atoms with E-state index in [0.717, 1.165) is 35.1 Å². The van der Waals surface area contributed by atoms with Gasteiger partial charge in [0, 0.05) is 5.56 Å². The molecule has 1 aromatic heterocycles. The van der Waals surface area contributed by atoms with Crippen molar-refractivity contribution in [1.29, 1.82) is 0 Å². The standard InChI is InChI=1S/C20H25N3O/c1-2-3-4-5-6-7-14-23-21-19-13-9-12-18(20(19)22-23)16-10-8-11-17(24)15-16/h8-13,15,24H,2-7,14H2,1H3. The van der Waals surface area contributed by atoms with Gasteiger partial charge in [-0.1, -0.05) is 63.3 Å². The molecule has 0 aliphatic carbocycles. The molecule has 0 bridgehead atoms. The average Bonchev–Trinajstić information content (AvgIpc) is 3.01. The van der Waals surface area contributed by atoms with Gasteiger partial charge in [-0.05, 0) is 30.2 Å². The van der Waals surface area contributed by atoms with Crippen molar-refractivity contribution in [3.05, 3.63) is 42.5 Å². The first-order valence-corrected chi connectivity index (χ1v) is 8.91. The van der Waals surface area contributed by atoms with Crippen LogP contribution in [0.3, 0.4) is 0 Å². The van der Waals surface area contributed by atoms with Gasteiger partial charge in [0.15, 0.2) is 0 Å². The minimum atomic E-state index is 0.268. The maximum Gasteiger partial charge on any atom is 0.121 e. The predicted molar refractivity (Wildman–Crippen MR) is 98.0 cm³/mol. The van der Waals surface area contributed by atoms with Crippen LogP contribution in [0, 0.1) is 0 Å². The summed E-state index contributed by atoms with van der Waals surface area (Å²) in [7, 11) is 0. The number of hydrogen-bond acceptors (Lipinski definition) is 3. The molecule has 0 spiro atoms. The summed E-state index contributed by atoms with van der Waals surface area (Å²) in [5, 5.41) is 19.0. The van der Waals surface area contributed by atoms with Crippen LogP contribution in [0.15, 0.2) is 42.5 Å². The van der Waals surface area contributed by atoms with Crippen molar-refractivity contribution >= 4 is 11.0 Å². The second-order valence-electron chi connectivity index (χ2n) is 6.29. The third-order valence-electron chi connectivity index (χ3n) is 4.32. The zero-order valence-electron chi connectivity index (χ0n) is 14.3. The van der Waals surface area contributed by atoms with Crippen LogP contribution in [-0.4, -0.2) is 20.1 Å². The summed E-state index contributed by atoms with van der Waals surface area (Å²) < 4.78 is 0. The number of nitrogens with zero attached hydrogens (tertiary/aromatic N) is 3. The lowest BCUT2D eigenvalue weighted by Gasteiger charge is -2.02. The molecule has 126 valence electrons. The van der Waals surface area contributed by atoms with Crippen LogP contribution in [0.25, 0.3) is 22.2 Å². The quantitative estimate of drug-likeness (QED) is 0.582. The molecule has 3 aromatic rings. The number of rotatable bonds is 8. The highest BCUT2D eigenvalue weighted by molar-refractivity contribution is 5.91. The van der Waals surface area contributed by atoms with Crippen LogP contribution in [0.5, 0.6) is 5.75 Å². The van der Waals surface area contributed by atoms with Gasteiger partial charge in [0.05, 0.1) is 6.54 Å². The van der Waals surface area contributed by atoms with Gasteiger partial charge < -0.3 is 5.11 Å². The lowest BCUT2D eigenvalue weighted by Crippen LogP contribution is -2.02. The molecule has 2 aromatic carbocycles. The van der Waals surface area contributed by atoms with Crippen molar-refractivity contribution in [3.8, 4) is 16.9 Å². The number of aromatic nitrogens is 3. The molecule has 0 aliphatic heterocycles. The Morgan fingerprint density at radius 1 is 0.917 bits per heavy atom. The number of phenolic OH excluding ortho intramolecular Hbond substituents is 1. The third kappa shape index (κ3) is 3.94. The average molecular weight is 323 g/mol. The number of aromatic hydroxyl groups is 1. The van der Waals surface area contributed by atoms with Crippen molar-refractivity contribution in [1.82, 2.24) is 15.0 Å². The minimum Gasteiger partial charge on any atom is -0.508 e. The molecule has 1 N–H and O–H groups in total. The van der Waals surface area contributed by atoms with Gasteiger partial charge in [0.2, 0.25) is 0 Å². The van der Waals surface area contributed by atoms with E-state index in [4.69, 9.17) is 0 Å². The lowest BCUT2D eigenvalue weighted by atomic mass is 10.0. The van der Waals surface area contributed by atoms with Gasteiger partial charge in [0.1, 0.15) is 16.8 Å². The molecule has 0 atom stereocenters. The van der Waals surface area contributed by atoms with Crippen molar-refractivity contribution in [2.45, 2.75) is 52.0 Å². The fourth-order valence-corrected chi connectivity index (χ4v) is 3.02. The molecule has 0 fully saturated rings. The lowest BCUT2D eigenvalue weighted by molar-refractivity contribution is 0.475. The van der Waals surface area contributed by atoms with Gasteiger partial charge in [-0.15, -0.1) is 0 Å². The highest BCUT2D eigenvalue weighted by atomic mass is 16.3. The molecule has 0 amide bonds. The van der Waals surface area contributed by atoms with E-state index >= 15 is 0 Å². The molecule has 24 heavy (non-hydrogen) atoms. The van der Waals surface area contributed by atoms with E-state index < -0.39 is 0 Å². The molecular formula is C20H25N3O. The molecular weight excluding hydrogens is 298 g/mol. The van der Waals surface area contributed by atoms with Crippen molar-refractivity contribution in [3.63, 3.8) is 0 Å². The number of hydrogen-bond donors (Lipinski definition) is 1. The van der Waals surface area contributed by atoms with Crippen LogP contribution in [0.1, 0.15) is 45.4 Å². The molecule has 0 saturated heterocycles. The summed E-state index contributed by atoms with van der Waals surface area (Å²) in [4.78, 5) is 1.82. The number of unbranched alkanes of at least 4 members (excludes halogenated alkanes) is 5. The van der Waals surface area contributed by atoms with E-state index in [2.05, 4.69) is 17.1 Å². The Bertz CT molecular complexity index is 794. The Hall–Kier alpha value is -2.36. The highest BCUT2D eigenvalue weighted by Crippen LogP contribution is 2.28. The van der Waals surface area contributed by atoms with E-state index in [1.807, 2.05) is 35.1 Å². The second-order valence-corrected chi connectivity index (χ2v) is 6.29. The zero-order valence-corrected chi connectivity index (χ0v) is 14.3. The largest absolute Gasteiger partial charge is 0.508 e. The molecule has 0 radical (unpaired) electrons. The van der Waals surface area contributed by atoms with Gasteiger partial charge in [-0.3, -0.25) is 0 Å². The first-order valence-electron chi connectivity index (χ1n) is 8.91. The Morgan fingerprint density at radius 2 is 1.71 bits per heavy atom. The van der Waals surface area contributed by atoms with Gasteiger partial charge in [-0.2, -0.15) is 15.0 Å². The SMILES string of the molecule is CCCCCCCCn1nc2cccc(-c3cccc(O)c3)c2n1. The molecule has 0 unspecified atom stereocenters. The first kappa shape index (κ1) is 16.5. The Labute approximate surface area is 143 Å². The number of phenols is 1. The van der Waals surface area contributed by atoms with Crippen LogP contribution in [-0.2, 0) is 6.54 Å². The normalized spacial score (nSPS) is 11.2. The fourth-order valence-electron chi connectivity index (χ4n) is 3.02. The van der Waals surface area contributed by atoms with Crippen LogP contribution in [0.2, 0.25) is 0 Å². The summed E-state index contributed by atoms with van der Waals surface area (Å²) >= 11 is 0. The van der Waals surface area contributed by atoms with E-state index in [1.54, 1.807) is 12.1 Å². The molecule has 0 aliphatic rings. The number of fused-ring (bicyclic) bond motifs is 1. The van der Waals surface area contributed by atoms with E-state index in [1.165, 1.54) is 32.1 Å². The number of benzene rings is 2. The number of aryl methyl sites for hydroxylation is 1. The molecule has 1 heterocycles.